The summed E-state index contributed by atoms with van der Waals surface area (Å²) in [6.45, 7) is 20.4. The number of hydrogen-bond donors (Lipinski definition) is 3. The largest absolute Gasteiger partial charge is 0.490 e. The number of aliphatic hydroxyl groups excluding tert-OH is 1. The number of aromatic nitrogens is 6. The second kappa shape index (κ2) is 29.5. The van der Waals surface area contributed by atoms with Crippen LogP contribution in [0.15, 0.2) is 156 Å². The number of amides is 2. The van der Waals surface area contributed by atoms with E-state index in [0.717, 1.165) is 134 Å². The number of nitrogens with one attached hydrogen (secondary N) is 2. The Kier molecular flexibility index (Phi) is 21.4. The summed E-state index contributed by atoms with van der Waals surface area (Å²) in [6.07, 6.45) is 17.3. The molecular weight excluding hydrogens is 1300 g/mol. The summed E-state index contributed by atoms with van der Waals surface area (Å²) in [6, 6.07) is 39.2. The van der Waals surface area contributed by atoms with Crippen molar-refractivity contribution < 1.29 is 24.0 Å². The van der Waals surface area contributed by atoms with Crippen LogP contribution in [0.2, 0.25) is 10.0 Å². The van der Waals surface area contributed by atoms with E-state index in [9.17, 15) is 14.7 Å². The van der Waals surface area contributed by atoms with E-state index in [0.29, 0.717) is 40.6 Å². The Morgan fingerprint density at radius 2 is 1.11 bits per heavy atom. The molecule has 8 aromatic rings. The van der Waals surface area contributed by atoms with Crippen molar-refractivity contribution in [2.24, 2.45) is 0 Å². The van der Waals surface area contributed by atoms with E-state index in [2.05, 4.69) is 129 Å². The maximum absolute atomic E-state index is 13.1. The Labute approximate surface area is 576 Å². The molecule has 0 radical (unpaired) electrons. The van der Waals surface area contributed by atoms with Crippen molar-refractivity contribution in [1.29, 1.82) is 0 Å². The third-order valence-electron chi connectivity index (χ3n) is 20.3. The lowest BCUT2D eigenvalue weighted by Gasteiger charge is -2.35. The number of benzene rings is 4. The van der Waals surface area contributed by atoms with E-state index in [1.807, 2.05) is 139 Å². The van der Waals surface area contributed by atoms with Gasteiger partial charge in [0.15, 0.2) is 11.3 Å². The monoisotopic (exact) mass is 1380 g/mol. The van der Waals surface area contributed by atoms with E-state index in [-0.39, 0.29) is 53.6 Å². The van der Waals surface area contributed by atoms with E-state index in [4.69, 9.17) is 44.1 Å². The minimum absolute atomic E-state index is 0.0497. The molecule has 4 aromatic heterocycles. The van der Waals surface area contributed by atoms with E-state index in [1.54, 1.807) is 9.03 Å². The maximum atomic E-state index is 13.1. The first kappa shape index (κ1) is 68.9. The number of pyridine rings is 2. The molecule has 0 saturated carbocycles. The number of fused-ring (bicyclic) bond motifs is 2. The molecule has 2 unspecified atom stereocenters. The number of anilines is 4. The number of aliphatic hydroxyl groups is 1. The number of carbonyl (C=O) groups excluding carboxylic acids is 2. The fraction of sp³-hybridized carbons (Fsp3) is 0.411. The molecule has 7 heterocycles. The predicted octanol–water partition coefficient (Wildman–Crippen LogP) is 14.4. The molecule has 3 aliphatic heterocycles. The van der Waals surface area contributed by atoms with Crippen LogP contribution in [0.1, 0.15) is 129 Å². The quantitative estimate of drug-likeness (QED) is 0.0694. The van der Waals surface area contributed by atoms with Gasteiger partial charge in [-0.15, -0.1) is 10.2 Å². The Hall–Kier alpha value is -7.45. The number of nitrogens with zero attached hydrogens (tertiary/aromatic N) is 11. The molecule has 22 heteroatoms. The van der Waals surface area contributed by atoms with Gasteiger partial charge in [-0.3, -0.25) is 9.59 Å². The summed E-state index contributed by atoms with van der Waals surface area (Å²) in [5, 5.41) is 27.3. The van der Waals surface area contributed by atoms with Gasteiger partial charge in [-0.25, -0.2) is 15.6 Å². The normalized spacial score (nSPS) is 20.7. The lowest BCUT2D eigenvalue weighted by molar-refractivity contribution is 0.00578. The molecule has 0 bridgehead atoms. The van der Waals surface area contributed by atoms with E-state index in [1.165, 1.54) is 16.6 Å². The molecule has 2 aliphatic carbocycles. The van der Waals surface area contributed by atoms with Crippen molar-refractivity contribution in [2.75, 3.05) is 78.2 Å². The average Bonchev–Trinajstić information content (AvgIpc) is 1.41. The first-order valence-corrected chi connectivity index (χ1v) is 34.3. The van der Waals surface area contributed by atoms with Crippen LogP contribution in [0.4, 0.5) is 23.3 Å². The summed E-state index contributed by atoms with van der Waals surface area (Å²) in [5.41, 5.74) is 9.21. The van der Waals surface area contributed by atoms with Crippen molar-refractivity contribution in [1.82, 2.24) is 48.8 Å². The van der Waals surface area contributed by atoms with Crippen LogP contribution < -0.4 is 10.6 Å². The van der Waals surface area contributed by atoms with Crippen LogP contribution in [0.3, 0.4) is 0 Å². The molecule has 0 spiro atoms. The summed E-state index contributed by atoms with van der Waals surface area (Å²) in [7, 11) is 7.79. The Morgan fingerprint density at radius 1 is 0.653 bits per heavy atom. The van der Waals surface area contributed by atoms with Crippen LogP contribution >= 0.6 is 39.1 Å². The van der Waals surface area contributed by atoms with Crippen LogP contribution in [0, 0.1) is 6.57 Å². The molecule has 18 nitrogen and oxygen atoms in total. The zero-order valence-corrected chi connectivity index (χ0v) is 58.6. The molecule has 496 valence electrons. The van der Waals surface area contributed by atoms with Crippen LogP contribution in [0.25, 0.3) is 21.7 Å². The number of allylic oxidation sites excluding steroid dienone is 4. The molecular formula is C73H85BBrCl2N13O5. The van der Waals surface area contributed by atoms with Gasteiger partial charge in [-0.05, 0) is 267 Å². The van der Waals surface area contributed by atoms with Crippen LogP contribution in [-0.4, -0.2) is 164 Å². The zero-order chi connectivity index (χ0) is 67.2. The SMILES string of the molecule is CN1CCC(N(C)C(=O)c2ccc(Nc3nc4c(Br)cccn4n3)cc2)CC1.CN1CCC(N(C)C(=O)c2ccc(Nc3nc4c(C5=CCC(CO)(c6ccc(Cl)cc6)CC5)cccn4n3)cc2)CC1.[C-]#[N+]CC1(c2ccc(Cl)cc2)CC=C(B2OC(C)(C)C(C)(C)O2)CC1. The highest BCUT2D eigenvalue weighted by Crippen LogP contribution is 2.46. The van der Waals surface area contributed by atoms with E-state index < -0.39 is 0 Å². The molecule has 2 amide bonds. The summed E-state index contributed by atoms with van der Waals surface area (Å²) in [5.74, 6) is 1.12. The van der Waals surface area contributed by atoms with Gasteiger partial charge in [0.05, 0.1) is 27.7 Å². The van der Waals surface area contributed by atoms with Gasteiger partial charge in [0, 0.05) is 82.1 Å². The number of rotatable bonds is 14. The summed E-state index contributed by atoms with van der Waals surface area (Å²) in [4.78, 5) is 47.3. The third kappa shape index (κ3) is 15.7. The number of halogens is 3. The Morgan fingerprint density at radius 3 is 1.55 bits per heavy atom. The Balaban J connectivity index is 0.000000152. The zero-order valence-electron chi connectivity index (χ0n) is 55.5. The number of likely N-dealkylation sites (tertiary alicyclic amines) is 2. The molecule has 5 aliphatic rings. The van der Waals surface area contributed by atoms with Crippen molar-refractivity contribution in [3.05, 3.63) is 205 Å². The first-order chi connectivity index (χ1) is 45.5. The summed E-state index contributed by atoms with van der Waals surface area (Å²) < 4.78 is 16.8. The Bertz CT molecular complexity index is 4090. The van der Waals surface area contributed by atoms with Gasteiger partial charge >= 0.3 is 7.12 Å². The molecule has 3 fully saturated rings. The third-order valence-corrected chi connectivity index (χ3v) is 21.4. The number of piperidine rings is 2. The molecule has 95 heavy (non-hydrogen) atoms. The highest BCUT2D eigenvalue weighted by Gasteiger charge is 2.53. The molecule has 3 N–H and O–H groups in total. The van der Waals surface area contributed by atoms with Crippen molar-refractivity contribution in [2.45, 2.75) is 126 Å². The number of hydrogen-bond acceptors (Lipinski definition) is 13. The average molecular weight is 1390 g/mol. The van der Waals surface area contributed by atoms with Crippen LogP contribution in [0.5, 0.6) is 0 Å². The fourth-order valence-corrected chi connectivity index (χ4v) is 14.0. The van der Waals surface area contributed by atoms with Gasteiger partial charge < -0.3 is 49.5 Å². The van der Waals surface area contributed by atoms with Gasteiger partial charge in [0.25, 0.3) is 11.8 Å². The maximum Gasteiger partial charge on any atom is 0.490 e. The van der Waals surface area contributed by atoms with Crippen molar-refractivity contribution >= 4 is 98.2 Å². The fourth-order valence-electron chi connectivity index (χ4n) is 13.3. The molecule has 13 rings (SSSR count). The highest BCUT2D eigenvalue weighted by molar-refractivity contribution is 9.10. The van der Waals surface area contributed by atoms with Crippen molar-refractivity contribution in [3.63, 3.8) is 0 Å². The molecule has 4 aromatic carbocycles. The first-order valence-electron chi connectivity index (χ1n) is 32.8. The minimum Gasteiger partial charge on any atom is -0.400 e. The van der Waals surface area contributed by atoms with Gasteiger partial charge in [-0.2, -0.15) is 9.97 Å². The second-order valence-electron chi connectivity index (χ2n) is 27.0. The van der Waals surface area contributed by atoms with Gasteiger partial charge in [-0.1, -0.05) is 59.6 Å². The van der Waals surface area contributed by atoms with Crippen molar-refractivity contribution in [3.8, 4) is 0 Å². The molecule has 2 atom stereocenters. The molecule has 3 saturated heterocycles. The lowest BCUT2D eigenvalue weighted by Crippen LogP contribution is -2.44. The van der Waals surface area contributed by atoms with Crippen LogP contribution in [-0.2, 0) is 20.1 Å². The minimum atomic E-state index is -0.320. The lowest BCUT2D eigenvalue weighted by atomic mass is 9.63. The topological polar surface area (TPSA) is 175 Å². The number of carbonyl (C=O) groups is 2. The summed E-state index contributed by atoms with van der Waals surface area (Å²) >= 11 is 15.6. The standard InChI is InChI=1S/C33H37ClN6O2.C20H25BClNO2.C20H23BrN6O/c1-38-20-15-28(16-21-38)39(2)31(42)24-5-11-27(12-6-24)35-32-36-30-29(4-3-19-40(30)37-32)23-13-17-33(22-41,18-14-23)25-7-9-26(34)10-8-25;1-18(2)19(3,4)25-21(24-18)16-10-12-20(13-11-16,14-23-5)15-6-8-17(22)9-7-15;1-25-12-9-16(10-13-25)26(2)19(28)14-5-7-15(8-6-14)22-20-23-18-17(21)4-3-11-27(18)24-20/h3-13,19,28,41H,14-18,20-22H2,1-2H3,(H,35,37);6-10H,11-14H2,1-4H3;3-8,11,16H,9-10,12-13H2,1-2H3,(H,22,24). The second-order valence-corrected chi connectivity index (χ2v) is 28.8. The highest BCUT2D eigenvalue weighted by atomic mass is 79.9. The van der Waals surface area contributed by atoms with Gasteiger partial charge in [0.2, 0.25) is 18.4 Å². The van der Waals surface area contributed by atoms with Gasteiger partial charge in [0.1, 0.15) is 0 Å². The predicted molar refractivity (Wildman–Crippen MR) is 383 cm³/mol. The van der Waals surface area contributed by atoms with E-state index >= 15 is 0 Å². The smallest absolute Gasteiger partial charge is 0.400 e.